The van der Waals surface area contributed by atoms with Crippen LogP contribution in [0.5, 0.6) is 0 Å². The fourth-order valence-electron chi connectivity index (χ4n) is 0.799. The first-order valence-electron chi connectivity index (χ1n) is 2.77. The molecule has 1 fully saturated rings. The third-order valence-corrected chi connectivity index (χ3v) is 1.58. The van der Waals surface area contributed by atoms with Crippen molar-refractivity contribution < 1.29 is 0 Å². The van der Waals surface area contributed by atoms with E-state index in [1.54, 1.807) is 0 Å². The van der Waals surface area contributed by atoms with Crippen molar-refractivity contribution in [3.8, 4) is 0 Å². The van der Waals surface area contributed by atoms with Crippen LogP contribution >= 0.6 is 0 Å². The summed E-state index contributed by atoms with van der Waals surface area (Å²) in [5.74, 6) is 0. The van der Waals surface area contributed by atoms with Gasteiger partial charge in [0.2, 0.25) is 0 Å². The molecule has 0 aromatic carbocycles. The van der Waals surface area contributed by atoms with Crippen LogP contribution in [0.1, 0.15) is 13.3 Å². The van der Waals surface area contributed by atoms with Gasteiger partial charge in [0, 0.05) is 19.6 Å². The molecule has 0 saturated carbocycles. The fraction of sp³-hybridized carbons (Fsp3) is 1.00. The number of hydrazine groups is 1. The summed E-state index contributed by atoms with van der Waals surface area (Å²) < 4.78 is 0. The highest BCUT2D eigenvalue weighted by molar-refractivity contribution is 4.66. The molecule has 0 amide bonds. The predicted molar refractivity (Wildman–Crippen MR) is 29.8 cm³/mol. The maximum absolute atomic E-state index is 3.20. The zero-order chi connectivity index (χ0) is 5.28. The van der Waals surface area contributed by atoms with Crippen LogP contribution in [0, 0.1) is 0 Å². The van der Waals surface area contributed by atoms with Crippen LogP contribution in [0.2, 0.25) is 0 Å². The summed E-state index contributed by atoms with van der Waals surface area (Å²) in [4.78, 5) is 0. The molecule has 0 spiro atoms. The van der Waals surface area contributed by atoms with E-state index in [9.17, 15) is 0 Å². The number of nitrogens with one attached hydrogen (secondary N) is 1. The highest BCUT2D eigenvalue weighted by Gasteiger charge is 2.13. The van der Waals surface area contributed by atoms with Gasteiger partial charge in [-0.15, -0.1) is 0 Å². The topological polar surface area (TPSA) is 15.3 Å². The van der Waals surface area contributed by atoms with E-state index in [0.717, 1.165) is 12.6 Å². The Balaban J connectivity index is 2.33. The number of nitrogens with zero attached hydrogens (tertiary/aromatic N) is 1. The maximum Gasteiger partial charge on any atom is 0.0224 e. The van der Waals surface area contributed by atoms with Crippen molar-refractivity contribution in [2.75, 3.05) is 13.6 Å². The van der Waals surface area contributed by atoms with Crippen LogP contribution in [-0.4, -0.2) is 24.6 Å². The minimum Gasteiger partial charge on any atom is -0.255 e. The van der Waals surface area contributed by atoms with Gasteiger partial charge in [-0.1, -0.05) is 0 Å². The van der Waals surface area contributed by atoms with Crippen molar-refractivity contribution in [2.45, 2.75) is 19.4 Å². The van der Waals surface area contributed by atoms with Crippen LogP contribution in [0.25, 0.3) is 0 Å². The maximum atomic E-state index is 3.20. The van der Waals surface area contributed by atoms with E-state index in [0.29, 0.717) is 0 Å². The zero-order valence-electron chi connectivity index (χ0n) is 4.94. The normalized spacial score (nSPS) is 34.3. The molecule has 0 aliphatic carbocycles. The number of hydrogen-bond donors (Lipinski definition) is 1. The summed E-state index contributed by atoms with van der Waals surface area (Å²) in [6, 6.07) is 0.736. The Labute approximate surface area is 44.5 Å². The van der Waals surface area contributed by atoms with Gasteiger partial charge in [-0.25, -0.2) is 5.01 Å². The van der Waals surface area contributed by atoms with E-state index in [1.807, 2.05) is 0 Å². The third-order valence-electron chi connectivity index (χ3n) is 1.58. The summed E-state index contributed by atoms with van der Waals surface area (Å²) in [6.07, 6.45) is 1.29. The fourth-order valence-corrected chi connectivity index (χ4v) is 0.799. The standard InChI is InChI=1S/C5H12N2/c1-5-3-4-6-7(5)2/h5-6H,3-4H2,1-2H3. The summed E-state index contributed by atoms with van der Waals surface area (Å²) in [7, 11) is 2.08. The second-order valence-corrected chi connectivity index (χ2v) is 2.16. The first-order valence-corrected chi connectivity index (χ1v) is 2.77. The molecule has 0 radical (unpaired) electrons. The molecule has 2 heteroatoms. The molecule has 1 atom stereocenters. The van der Waals surface area contributed by atoms with E-state index in [4.69, 9.17) is 0 Å². The Morgan fingerprint density at radius 2 is 2.43 bits per heavy atom. The SMILES string of the molecule is CC1CCNN1C. The van der Waals surface area contributed by atoms with Gasteiger partial charge in [0.1, 0.15) is 0 Å². The Bertz CT molecular complexity index is 55.1. The summed E-state index contributed by atoms with van der Waals surface area (Å²) >= 11 is 0. The Morgan fingerprint density at radius 1 is 1.71 bits per heavy atom. The van der Waals surface area contributed by atoms with Gasteiger partial charge < -0.3 is 0 Å². The third kappa shape index (κ3) is 0.924. The van der Waals surface area contributed by atoms with Crippen molar-refractivity contribution in [3.05, 3.63) is 0 Å². The van der Waals surface area contributed by atoms with Gasteiger partial charge in [0.15, 0.2) is 0 Å². The molecule has 1 unspecified atom stereocenters. The molecule has 1 heterocycles. The van der Waals surface area contributed by atoms with E-state index in [1.165, 1.54) is 6.42 Å². The molecule has 0 aromatic heterocycles. The van der Waals surface area contributed by atoms with Crippen molar-refractivity contribution in [3.63, 3.8) is 0 Å². The van der Waals surface area contributed by atoms with Gasteiger partial charge >= 0.3 is 0 Å². The minimum atomic E-state index is 0.736. The molecular weight excluding hydrogens is 88.1 g/mol. The smallest absolute Gasteiger partial charge is 0.0224 e. The lowest BCUT2D eigenvalue weighted by Crippen LogP contribution is -2.30. The lowest BCUT2D eigenvalue weighted by Gasteiger charge is -2.12. The summed E-state index contributed by atoms with van der Waals surface area (Å²) in [6.45, 7) is 3.37. The second kappa shape index (κ2) is 1.80. The lowest BCUT2D eigenvalue weighted by molar-refractivity contribution is 0.251. The average Bonchev–Trinajstić information content (AvgIpc) is 1.91. The van der Waals surface area contributed by atoms with Crippen LogP contribution in [0.15, 0.2) is 0 Å². The highest BCUT2D eigenvalue weighted by atomic mass is 15.5. The van der Waals surface area contributed by atoms with E-state index in [2.05, 4.69) is 24.4 Å². The van der Waals surface area contributed by atoms with E-state index in [-0.39, 0.29) is 0 Å². The van der Waals surface area contributed by atoms with Crippen molar-refractivity contribution in [1.29, 1.82) is 0 Å². The molecule has 0 aromatic rings. The first kappa shape index (κ1) is 5.06. The van der Waals surface area contributed by atoms with Crippen LogP contribution < -0.4 is 5.43 Å². The molecule has 1 aliphatic heterocycles. The van der Waals surface area contributed by atoms with Gasteiger partial charge in [0.05, 0.1) is 0 Å². The zero-order valence-corrected chi connectivity index (χ0v) is 4.94. The van der Waals surface area contributed by atoms with Gasteiger partial charge in [-0.05, 0) is 13.3 Å². The van der Waals surface area contributed by atoms with E-state index >= 15 is 0 Å². The Morgan fingerprint density at radius 3 is 2.57 bits per heavy atom. The molecule has 2 nitrogen and oxygen atoms in total. The molecule has 0 bridgehead atoms. The average molecular weight is 100 g/mol. The highest BCUT2D eigenvalue weighted by Crippen LogP contribution is 2.02. The number of rotatable bonds is 0. The van der Waals surface area contributed by atoms with Crippen LogP contribution in [0.4, 0.5) is 0 Å². The van der Waals surface area contributed by atoms with Gasteiger partial charge in [-0.3, -0.25) is 5.43 Å². The van der Waals surface area contributed by atoms with Crippen LogP contribution in [0.3, 0.4) is 0 Å². The molecule has 1 aliphatic rings. The van der Waals surface area contributed by atoms with Crippen molar-refractivity contribution in [1.82, 2.24) is 10.4 Å². The van der Waals surface area contributed by atoms with Crippen molar-refractivity contribution >= 4 is 0 Å². The largest absolute Gasteiger partial charge is 0.255 e. The summed E-state index contributed by atoms with van der Waals surface area (Å²) in [5.41, 5.74) is 3.20. The van der Waals surface area contributed by atoms with Crippen molar-refractivity contribution in [2.24, 2.45) is 0 Å². The van der Waals surface area contributed by atoms with Crippen LogP contribution in [-0.2, 0) is 0 Å². The predicted octanol–water partition coefficient (Wildman–Crippen LogP) is 0.215. The molecule has 1 saturated heterocycles. The van der Waals surface area contributed by atoms with Gasteiger partial charge in [-0.2, -0.15) is 0 Å². The monoisotopic (exact) mass is 100 g/mol. The second-order valence-electron chi connectivity index (χ2n) is 2.16. The molecule has 42 valence electrons. The molecule has 1 rings (SSSR count). The summed E-state index contributed by atoms with van der Waals surface area (Å²) in [5, 5.41) is 2.15. The molecule has 7 heavy (non-hydrogen) atoms. The quantitative estimate of drug-likeness (QED) is 0.468. The number of hydrogen-bond acceptors (Lipinski definition) is 2. The van der Waals surface area contributed by atoms with E-state index < -0.39 is 0 Å². The Kier molecular flexibility index (Phi) is 1.30. The molecule has 1 N–H and O–H groups in total. The van der Waals surface area contributed by atoms with Gasteiger partial charge in [0.25, 0.3) is 0 Å². The first-order chi connectivity index (χ1) is 3.30. The minimum absolute atomic E-state index is 0.736. The Hall–Kier alpha value is -0.0800. The lowest BCUT2D eigenvalue weighted by atomic mass is 10.3. The molecular formula is C5H12N2.